The van der Waals surface area contributed by atoms with Crippen molar-refractivity contribution >= 4 is 11.8 Å². The lowest BCUT2D eigenvalue weighted by Gasteiger charge is -2.24. The summed E-state index contributed by atoms with van der Waals surface area (Å²) in [4.78, 5) is 27.8. The van der Waals surface area contributed by atoms with Gasteiger partial charge in [0.15, 0.2) is 0 Å². The van der Waals surface area contributed by atoms with Crippen molar-refractivity contribution < 1.29 is 14.0 Å². The van der Waals surface area contributed by atoms with E-state index in [2.05, 4.69) is 11.4 Å². The highest BCUT2D eigenvalue weighted by Crippen LogP contribution is 2.09. The molecule has 0 saturated heterocycles. The molecule has 0 spiro atoms. The Morgan fingerprint density at radius 2 is 1.93 bits per heavy atom. The number of carbonyl (C=O) groups excluding carboxylic acids is 2. The Kier molecular flexibility index (Phi) is 7.59. The van der Waals surface area contributed by atoms with Crippen LogP contribution < -0.4 is 5.32 Å². The van der Waals surface area contributed by atoms with Gasteiger partial charge in [-0.15, -0.1) is 0 Å². The molecule has 1 heterocycles. The number of furan rings is 1. The molecule has 2 amide bonds. The number of nitrogens with one attached hydrogen (secondary N) is 1. The van der Waals surface area contributed by atoms with Gasteiger partial charge in [-0.1, -0.05) is 12.1 Å². The first-order chi connectivity index (χ1) is 13.0. The van der Waals surface area contributed by atoms with Gasteiger partial charge in [-0.3, -0.25) is 14.5 Å². The quantitative estimate of drug-likeness (QED) is 0.731. The standard InChI is InChI=1S/C20H24N4O3/c1-22-20(26)17-8-6-16(7-9-17)13-23(2)15-19(25)24(11-4-10-21)14-18-5-3-12-27-18/h3,5-9,12H,4,11,13-15H2,1-2H3,(H,22,26). The fourth-order valence-electron chi connectivity index (χ4n) is 2.67. The van der Waals surface area contributed by atoms with Gasteiger partial charge in [0.1, 0.15) is 5.76 Å². The highest BCUT2D eigenvalue weighted by atomic mass is 16.3. The minimum atomic E-state index is -0.129. The summed E-state index contributed by atoms with van der Waals surface area (Å²) in [6.07, 6.45) is 1.84. The van der Waals surface area contributed by atoms with Crippen molar-refractivity contribution in [2.45, 2.75) is 19.5 Å². The molecule has 0 bridgehead atoms. The average molecular weight is 368 g/mol. The highest BCUT2D eigenvalue weighted by Gasteiger charge is 2.17. The van der Waals surface area contributed by atoms with Crippen molar-refractivity contribution in [3.05, 3.63) is 59.5 Å². The Balaban J connectivity index is 1.93. The molecule has 0 aliphatic heterocycles. The Bertz CT molecular complexity index is 779. The molecule has 0 unspecified atom stereocenters. The number of hydrogen-bond acceptors (Lipinski definition) is 5. The van der Waals surface area contributed by atoms with Gasteiger partial charge in [0.2, 0.25) is 5.91 Å². The van der Waals surface area contributed by atoms with Crippen LogP contribution in [0, 0.1) is 11.3 Å². The second-order valence-corrected chi connectivity index (χ2v) is 6.25. The molecule has 0 saturated carbocycles. The zero-order valence-electron chi connectivity index (χ0n) is 15.6. The Morgan fingerprint density at radius 3 is 2.52 bits per heavy atom. The van der Waals surface area contributed by atoms with Crippen LogP contribution in [0.5, 0.6) is 0 Å². The molecule has 0 radical (unpaired) electrons. The Hall–Kier alpha value is -3.11. The number of hydrogen-bond donors (Lipinski definition) is 1. The molecule has 7 nitrogen and oxygen atoms in total. The summed E-state index contributed by atoms with van der Waals surface area (Å²) in [5.41, 5.74) is 1.61. The van der Waals surface area contributed by atoms with Gasteiger partial charge >= 0.3 is 0 Å². The lowest BCUT2D eigenvalue weighted by atomic mass is 10.1. The number of nitrogens with zero attached hydrogens (tertiary/aromatic N) is 3. The van der Waals surface area contributed by atoms with Gasteiger partial charge in [-0.2, -0.15) is 5.26 Å². The lowest BCUT2D eigenvalue weighted by molar-refractivity contribution is -0.133. The number of carbonyl (C=O) groups is 2. The van der Waals surface area contributed by atoms with E-state index in [9.17, 15) is 9.59 Å². The summed E-state index contributed by atoms with van der Waals surface area (Å²) in [7, 11) is 3.45. The number of benzene rings is 1. The summed E-state index contributed by atoms with van der Waals surface area (Å²) in [6.45, 7) is 1.52. The molecule has 1 aromatic heterocycles. The van der Waals surface area contributed by atoms with Crippen LogP contribution in [0.3, 0.4) is 0 Å². The van der Waals surface area contributed by atoms with Crippen LogP contribution in [0.25, 0.3) is 0 Å². The van der Waals surface area contributed by atoms with Crippen LogP contribution >= 0.6 is 0 Å². The zero-order chi connectivity index (χ0) is 19.6. The molecular weight excluding hydrogens is 344 g/mol. The first kappa shape index (κ1) is 20.2. The molecule has 0 atom stereocenters. The summed E-state index contributed by atoms with van der Waals surface area (Å²) < 4.78 is 5.31. The summed E-state index contributed by atoms with van der Waals surface area (Å²) in [5, 5.41) is 11.4. The van der Waals surface area contributed by atoms with E-state index in [4.69, 9.17) is 9.68 Å². The maximum atomic E-state index is 12.6. The molecule has 1 N–H and O–H groups in total. The second kappa shape index (κ2) is 10.1. The largest absolute Gasteiger partial charge is 0.467 e. The molecule has 1 aromatic carbocycles. The maximum Gasteiger partial charge on any atom is 0.251 e. The van der Waals surface area contributed by atoms with Crippen LogP contribution in [0.2, 0.25) is 0 Å². The molecule has 27 heavy (non-hydrogen) atoms. The molecule has 2 rings (SSSR count). The first-order valence-electron chi connectivity index (χ1n) is 8.70. The zero-order valence-corrected chi connectivity index (χ0v) is 15.6. The normalized spacial score (nSPS) is 10.4. The summed E-state index contributed by atoms with van der Waals surface area (Å²) in [5.74, 6) is 0.496. The van der Waals surface area contributed by atoms with Crippen LogP contribution in [-0.2, 0) is 17.9 Å². The topological polar surface area (TPSA) is 89.6 Å². The maximum absolute atomic E-state index is 12.6. The van der Waals surface area contributed by atoms with Gasteiger partial charge in [0.25, 0.3) is 5.91 Å². The molecule has 2 aromatic rings. The van der Waals surface area contributed by atoms with E-state index in [0.717, 1.165) is 5.56 Å². The van der Waals surface area contributed by atoms with Crippen molar-refractivity contribution in [3.63, 3.8) is 0 Å². The van der Waals surface area contributed by atoms with E-state index >= 15 is 0 Å². The third-order valence-electron chi connectivity index (χ3n) is 4.07. The van der Waals surface area contributed by atoms with Crippen LogP contribution in [0.1, 0.15) is 28.1 Å². The highest BCUT2D eigenvalue weighted by molar-refractivity contribution is 5.93. The minimum Gasteiger partial charge on any atom is -0.467 e. The van der Waals surface area contributed by atoms with E-state index < -0.39 is 0 Å². The monoisotopic (exact) mass is 368 g/mol. The number of nitriles is 1. The first-order valence-corrected chi connectivity index (χ1v) is 8.70. The summed E-state index contributed by atoms with van der Waals surface area (Å²) >= 11 is 0. The predicted molar refractivity (Wildman–Crippen MR) is 101 cm³/mol. The number of amides is 2. The number of likely N-dealkylation sites (N-methyl/N-ethyl adjacent to an activating group) is 1. The molecule has 0 aliphatic rings. The fraction of sp³-hybridized carbons (Fsp3) is 0.350. The molecule has 7 heteroatoms. The second-order valence-electron chi connectivity index (χ2n) is 6.25. The van der Waals surface area contributed by atoms with Crippen LogP contribution in [0.15, 0.2) is 47.1 Å². The molecular formula is C20H24N4O3. The van der Waals surface area contributed by atoms with E-state index in [1.807, 2.05) is 30.1 Å². The third-order valence-corrected chi connectivity index (χ3v) is 4.07. The van der Waals surface area contributed by atoms with Crippen molar-refractivity contribution in [2.24, 2.45) is 0 Å². The van der Waals surface area contributed by atoms with Crippen molar-refractivity contribution in [1.82, 2.24) is 15.1 Å². The van der Waals surface area contributed by atoms with Crippen LogP contribution in [0.4, 0.5) is 0 Å². The van der Waals surface area contributed by atoms with E-state index in [1.165, 1.54) is 0 Å². The molecule has 142 valence electrons. The lowest BCUT2D eigenvalue weighted by Crippen LogP contribution is -2.38. The molecule has 0 fully saturated rings. The Morgan fingerprint density at radius 1 is 1.19 bits per heavy atom. The van der Waals surface area contributed by atoms with E-state index in [0.29, 0.717) is 31.0 Å². The molecule has 0 aliphatic carbocycles. The number of rotatable bonds is 9. The van der Waals surface area contributed by atoms with Crippen LogP contribution in [-0.4, -0.2) is 48.8 Å². The van der Waals surface area contributed by atoms with Gasteiger partial charge in [-0.05, 0) is 36.9 Å². The fourth-order valence-corrected chi connectivity index (χ4v) is 2.67. The minimum absolute atomic E-state index is 0.0638. The SMILES string of the molecule is CNC(=O)c1ccc(CN(C)CC(=O)N(CCC#N)Cc2ccco2)cc1. The van der Waals surface area contributed by atoms with Gasteiger partial charge < -0.3 is 14.6 Å². The van der Waals surface area contributed by atoms with E-state index in [-0.39, 0.29) is 24.8 Å². The Labute approximate surface area is 159 Å². The van der Waals surface area contributed by atoms with Gasteiger partial charge in [-0.25, -0.2) is 0 Å². The van der Waals surface area contributed by atoms with Crippen molar-refractivity contribution in [3.8, 4) is 6.07 Å². The van der Waals surface area contributed by atoms with Gasteiger partial charge in [0.05, 0.1) is 31.8 Å². The average Bonchev–Trinajstić information content (AvgIpc) is 3.18. The van der Waals surface area contributed by atoms with E-state index in [1.54, 1.807) is 36.4 Å². The van der Waals surface area contributed by atoms with Crippen molar-refractivity contribution in [2.75, 3.05) is 27.2 Å². The predicted octanol–water partition coefficient (Wildman–Crippen LogP) is 2.01. The summed E-state index contributed by atoms with van der Waals surface area (Å²) in [6, 6.07) is 12.9. The van der Waals surface area contributed by atoms with Gasteiger partial charge in [0, 0.05) is 25.7 Å². The third kappa shape index (κ3) is 6.28. The van der Waals surface area contributed by atoms with Crippen molar-refractivity contribution in [1.29, 1.82) is 5.26 Å². The smallest absolute Gasteiger partial charge is 0.251 e.